The van der Waals surface area contributed by atoms with Crippen molar-refractivity contribution >= 4 is 29.4 Å². The van der Waals surface area contributed by atoms with Crippen LogP contribution in [0.15, 0.2) is 48.5 Å². The number of carboxylic acid groups (broad SMARTS) is 1. The highest BCUT2D eigenvalue weighted by Crippen LogP contribution is 2.29. The van der Waals surface area contributed by atoms with Crippen molar-refractivity contribution < 1.29 is 14.6 Å². The molecular formula is C15H9Cl2N3O3. The third kappa shape index (κ3) is 3.28. The van der Waals surface area contributed by atoms with Gasteiger partial charge in [0.2, 0.25) is 0 Å². The average molecular weight is 350 g/mol. The van der Waals surface area contributed by atoms with Crippen molar-refractivity contribution in [2.75, 3.05) is 0 Å². The Morgan fingerprint density at radius 1 is 1.13 bits per heavy atom. The van der Waals surface area contributed by atoms with Crippen molar-refractivity contribution in [3.63, 3.8) is 0 Å². The number of ether oxygens (including phenoxy) is 1. The van der Waals surface area contributed by atoms with Crippen LogP contribution in [0, 0.1) is 0 Å². The number of carbonyl (C=O) groups is 1. The van der Waals surface area contributed by atoms with Crippen LogP contribution in [0.4, 0.5) is 4.79 Å². The molecule has 0 saturated heterocycles. The van der Waals surface area contributed by atoms with E-state index in [0.717, 1.165) is 5.56 Å². The van der Waals surface area contributed by atoms with E-state index in [1.54, 1.807) is 18.2 Å². The highest BCUT2D eigenvalue weighted by Gasteiger charge is 2.18. The summed E-state index contributed by atoms with van der Waals surface area (Å²) in [5, 5.41) is 13.6. The van der Waals surface area contributed by atoms with E-state index >= 15 is 0 Å². The fourth-order valence-electron chi connectivity index (χ4n) is 2.01. The van der Waals surface area contributed by atoms with Crippen LogP contribution in [0.1, 0.15) is 0 Å². The van der Waals surface area contributed by atoms with Crippen LogP contribution in [-0.4, -0.2) is 26.0 Å². The zero-order chi connectivity index (χ0) is 16.4. The molecule has 8 heteroatoms. The van der Waals surface area contributed by atoms with Crippen molar-refractivity contribution in [2.24, 2.45) is 0 Å². The Kier molecular flexibility index (Phi) is 4.18. The van der Waals surface area contributed by atoms with Gasteiger partial charge in [0.1, 0.15) is 0 Å². The van der Waals surface area contributed by atoms with Crippen LogP contribution in [0.3, 0.4) is 0 Å². The Morgan fingerprint density at radius 2 is 1.87 bits per heavy atom. The number of hydrogen-bond donors (Lipinski definition) is 1. The molecule has 0 radical (unpaired) electrons. The first-order chi connectivity index (χ1) is 11.0. The fraction of sp³-hybridized carbons (Fsp3) is 0. The van der Waals surface area contributed by atoms with Gasteiger partial charge in [-0.15, -0.1) is 5.10 Å². The molecule has 1 aromatic heterocycles. The van der Waals surface area contributed by atoms with Crippen LogP contribution in [0.2, 0.25) is 10.0 Å². The highest BCUT2D eigenvalue weighted by molar-refractivity contribution is 6.35. The predicted molar refractivity (Wildman–Crippen MR) is 85.5 cm³/mol. The summed E-state index contributed by atoms with van der Waals surface area (Å²) in [4.78, 5) is 14.8. The Balaban J connectivity index is 2.17. The second-order valence-electron chi connectivity index (χ2n) is 4.46. The van der Waals surface area contributed by atoms with Crippen LogP contribution in [0.5, 0.6) is 6.01 Å². The van der Waals surface area contributed by atoms with Gasteiger partial charge in [-0.25, -0.2) is 9.48 Å². The molecule has 3 rings (SSSR count). The molecule has 2 aromatic carbocycles. The Morgan fingerprint density at radius 3 is 2.52 bits per heavy atom. The maximum absolute atomic E-state index is 10.7. The molecule has 3 aromatic rings. The normalized spacial score (nSPS) is 10.5. The second-order valence-corrected chi connectivity index (χ2v) is 5.30. The van der Waals surface area contributed by atoms with Gasteiger partial charge in [-0.3, -0.25) is 0 Å². The lowest BCUT2D eigenvalue weighted by Crippen LogP contribution is -2.05. The SMILES string of the molecule is O=C(O)Oc1nc(-c2ccccc2)n(-c2ccc(Cl)cc2Cl)n1. The zero-order valence-electron chi connectivity index (χ0n) is 11.5. The third-order valence-corrected chi connectivity index (χ3v) is 3.47. The molecule has 0 unspecified atom stereocenters. The van der Waals surface area contributed by atoms with Gasteiger partial charge in [0.25, 0.3) is 0 Å². The second kappa shape index (κ2) is 6.28. The fourth-order valence-corrected chi connectivity index (χ4v) is 2.50. The van der Waals surface area contributed by atoms with Gasteiger partial charge < -0.3 is 9.84 Å². The number of rotatable bonds is 3. The molecule has 0 spiro atoms. The van der Waals surface area contributed by atoms with E-state index in [2.05, 4.69) is 14.8 Å². The van der Waals surface area contributed by atoms with E-state index in [0.29, 0.717) is 21.6 Å². The molecule has 0 bridgehead atoms. The summed E-state index contributed by atoms with van der Waals surface area (Å²) in [6.07, 6.45) is -1.50. The summed E-state index contributed by atoms with van der Waals surface area (Å²) in [6.45, 7) is 0. The van der Waals surface area contributed by atoms with Gasteiger partial charge >= 0.3 is 12.2 Å². The van der Waals surface area contributed by atoms with Crippen molar-refractivity contribution in [3.05, 3.63) is 58.6 Å². The van der Waals surface area contributed by atoms with Gasteiger partial charge in [-0.2, -0.15) is 4.98 Å². The molecule has 0 aliphatic heterocycles. The number of hydrogen-bond acceptors (Lipinski definition) is 4. The zero-order valence-corrected chi connectivity index (χ0v) is 13.0. The van der Waals surface area contributed by atoms with Gasteiger partial charge in [0, 0.05) is 10.6 Å². The summed E-state index contributed by atoms with van der Waals surface area (Å²) >= 11 is 12.1. The molecule has 6 nitrogen and oxygen atoms in total. The molecule has 0 atom stereocenters. The molecule has 23 heavy (non-hydrogen) atoms. The van der Waals surface area contributed by atoms with Gasteiger partial charge in [0.05, 0.1) is 10.7 Å². The first-order valence-corrected chi connectivity index (χ1v) is 7.19. The molecule has 0 aliphatic carbocycles. The molecular weight excluding hydrogens is 341 g/mol. The number of aromatic nitrogens is 3. The lowest BCUT2D eigenvalue weighted by atomic mass is 10.2. The molecule has 0 saturated carbocycles. The number of halogens is 2. The Hall–Kier alpha value is -2.57. The summed E-state index contributed by atoms with van der Waals surface area (Å²) in [5.41, 5.74) is 1.23. The Labute approximate surface area is 140 Å². The molecule has 0 amide bonds. The van der Waals surface area contributed by atoms with Crippen molar-refractivity contribution in [3.8, 4) is 23.1 Å². The summed E-state index contributed by atoms with van der Waals surface area (Å²) in [6, 6.07) is 13.7. The van der Waals surface area contributed by atoms with Crippen LogP contribution in [-0.2, 0) is 0 Å². The summed E-state index contributed by atoms with van der Waals surface area (Å²) in [5.74, 6) is 0.395. The minimum absolute atomic E-state index is 0.289. The van der Waals surface area contributed by atoms with Crippen molar-refractivity contribution in [1.29, 1.82) is 0 Å². The smallest absolute Gasteiger partial charge is 0.449 e. The lowest BCUT2D eigenvalue weighted by molar-refractivity contribution is 0.140. The minimum atomic E-state index is -1.50. The van der Waals surface area contributed by atoms with Crippen LogP contribution in [0.25, 0.3) is 17.1 Å². The first kappa shape index (κ1) is 15.3. The average Bonchev–Trinajstić information content (AvgIpc) is 2.91. The highest BCUT2D eigenvalue weighted by atomic mass is 35.5. The van der Waals surface area contributed by atoms with E-state index in [9.17, 15) is 4.79 Å². The molecule has 0 aliphatic rings. The number of benzene rings is 2. The minimum Gasteiger partial charge on any atom is -0.449 e. The van der Waals surface area contributed by atoms with E-state index < -0.39 is 6.16 Å². The van der Waals surface area contributed by atoms with Gasteiger partial charge in [-0.05, 0) is 18.2 Å². The standard InChI is InChI=1S/C15H9Cl2N3O3/c16-10-6-7-12(11(17)8-10)20-13(9-4-2-1-3-5-9)18-14(19-20)23-15(21)22/h1-8H,(H,21,22). The van der Waals surface area contributed by atoms with E-state index in [4.69, 9.17) is 28.3 Å². The maximum atomic E-state index is 10.7. The van der Waals surface area contributed by atoms with E-state index in [1.807, 2.05) is 30.3 Å². The molecule has 1 N–H and O–H groups in total. The molecule has 116 valence electrons. The third-order valence-electron chi connectivity index (χ3n) is 2.94. The topological polar surface area (TPSA) is 77.2 Å². The van der Waals surface area contributed by atoms with Gasteiger partial charge in [-0.1, -0.05) is 53.5 Å². The maximum Gasteiger partial charge on any atom is 0.513 e. The largest absolute Gasteiger partial charge is 0.513 e. The molecule has 1 heterocycles. The summed E-state index contributed by atoms with van der Waals surface area (Å²) in [7, 11) is 0. The molecule has 0 fully saturated rings. The first-order valence-electron chi connectivity index (χ1n) is 6.43. The monoisotopic (exact) mass is 349 g/mol. The predicted octanol–water partition coefficient (Wildman–Crippen LogP) is 4.30. The van der Waals surface area contributed by atoms with E-state index in [-0.39, 0.29) is 6.01 Å². The van der Waals surface area contributed by atoms with Gasteiger partial charge in [0.15, 0.2) is 5.82 Å². The summed E-state index contributed by atoms with van der Waals surface area (Å²) < 4.78 is 5.96. The van der Waals surface area contributed by atoms with Crippen molar-refractivity contribution in [2.45, 2.75) is 0 Å². The van der Waals surface area contributed by atoms with Crippen LogP contribution < -0.4 is 4.74 Å². The van der Waals surface area contributed by atoms with Crippen LogP contribution >= 0.6 is 23.2 Å². The Bertz CT molecular complexity index is 866. The van der Waals surface area contributed by atoms with E-state index in [1.165, 1.54) is 4.68 Å². The van der Waals surface area contributed by atoms with Crippen molar-refractivity contribution in [1.82, 2.24) is 14.8 Å². The number of nitrogens with zero attached hydrogens (tertiary/aromatic N) is 3. The quantitative estimate of drug-likeness (QED) is 0.713. The lowest BCUT2D eigenvalue weighted by Gasteiger charge is -2.07.